The molecule has 0 saturated carbocycles. The van der Waals surface area contributed by atoms with Gasteiger partial charge in [0, 0.05) is 31.8 Å². The van der Waals surface area contributed by atoms with E-state index in [9.17, 15) is 0 Å². The summed E-state index contributed by atoms with van der Waals surface area (Å²) < 4.78 is 4.95. The summed E-state index contributed by atoms with van der Waals surface area (Å²) in [5.74, 6) is 0.847. The van der Waals surface area contributed by atoms with Gasteiger partial charge in [0.1, 0.15) is 5.69 Å². The van der Waals surface area contributed by atoms with Gasteiger partial charge in [-0.05, 0) is 51.9 Å². The Hall–Kier alpha value is -5.58. The maximum atomic E-state index is 5.38. The lowest BCUT2D eigenvalue weighted by Gasteiger charge is -2.14. The van der Waals surface area contributed by atoms with Crippen LogP contribution in [0.4, 0.5) is 0 Å². The summed E-state index contributed by atoms with van der Waals surface area (Å²) in [6.45, 7) is 0. The van der Waals surface area contributed by atoms with E-state index in [1.165, 1.54) is 58.0 Å². The molecule has 0 N–H and O–H groups in total. The van der Waals surface area contributed by atoms with E-state index in [1.54, 1.807) is 0 Å². The first kappa shape index (κ1) is 23.9. The summed E-state index contributed by atoms with van der Waals surface area (Å²) in [5, 5.41) is 10.1. The number of hydrogen-bond acceptors (Lipinski definition) is 3. The summed E-state index contributed by atoms with van der Waals surface area (Å²) in [4.78, 5) is 10.6. The van der Waals surface area contributed by atoms with Gasteiger partial charge in [0.15, 0.2) is 5.82 Å². The number of para-hydroxylation sites is 3. The lowest BCUT2D eigenvalue weighted by atomic mass is 9.98. The summed E-state index contributed by atoms with van der Waals surface area (Å²) in [5.41, 5.74) is 6.01. The van der Waals surface area contributed by atoms with Crippen molar-refractivity contribution in [3.8, 4) is 17.1 Å². The topological polar surface area (TPSA) is 30.7 Å². The molecule has 0 unspecified atom stereocenters. The molecule has 0 fully saturated rings. The summed E-state index contributed by atoms with van der Waals surface area (Å²) in [6.07, 6.45) is 0. The molecular weight excluding hydrogens is 555 g/mol. The molecule has 7 aromatic carbocycles. The molecule has 0 amide bonds. The molecule has 10 rings (SSSR count). The van der Waals surface area contributed by atoms with Gasteiger partial charge in [-0.1, -0.05) is 109 Å². The number of hydrogen-bond donors (Lipinski definition) is 0. The molecule has 0 atom stereocenters. The smallest absolute Gasteiger partial charge is 0.165 e. The first-order valence-electron chi connectivity index (χ1n) is 14.8. The second kappa shape index (κ2) is 8.96. The molecule has 0 spiro atoms. The first-order valence-corrected chi connectivity index (χ1v) is 15.7. The Labute approximate surface area is 256 Å². The molecule has 3 heterocycles. The minimum absolute atomic E-state index is 0.847. The molecule has 0 radical (unpaired) electrons. The average molecular weight is 578 g/mol. The van der Waals surface area contributed by atoms with Crippen LogP contribution in [0.3, 0.4) is 0 Å². The highest BCUT2D eigenvalue weighted by Gasteiger charge is 2.24. The molecule has 0 aliphatic heterocycles. The van der Waals surface area contributed by atoms with Crippen molar-refractivity contribution in [2.45, 2.75) is 0 Å². The molecule has 0 bridgehead atoms. The van der Waals surface area contributed by atoms with E-state index >= 15 is 0 Å². The molecule has 3 aromatic heterocycles. The van der Waals surface area contributed by atoms with Crippen LogP contribution in [-0.4, -0.2) is 14.5 Å². The standard InChI is InChI=1S/C40H23N3S/c1-2-12-24(13-3-1)37-40(42-32-20-10-9-19-31(32)41-37)43-33-21-11-8-18-29(33)35-27-16-6-7-17-28(27)36-30-22-25-14-4-5-15-26(25)23-34(30)44-39(36)38(35)43/h1-23H. The zero-order valence-corrected chi connectivity index (χ0v) is 24.3. The van der Waals surface area contributed by atoms with Gasteiger partial charge < -0.3 is 0 Å². The van der Waals surface area contributed by atoms with Gasteiger partial charge in [-0.2, -0.15) is 0 Å². The summed E-state index contributed by atoms with van der Waals surface area (Å²) >= 11 is 1.88. The van der Waals surface area contributed by atoms with Gasteiger partial charge in [0.05, 0.1) is 26.8 Å². The quantitative estimate of drug-likeness (QED) is 0.205. The van der Waals surface area contributed by atoms with Crippen LogP contribution in [-0.2, 0) is 0 Å². The maximum Gasteiger partial charge on any atom is 0.165 e. The Balaban J connectivity index is 1.48. The third kappa shape index (κ3) is 3.26. The second-order valence-electron chi connectivity index (χ2n) is 11.4. The molecule has 10 aromatic rings. The van der Waals surface area contributed by atoms with Gasteiger partial charge in [0.25, 0.3) is 0 Å². The van der Waals surface area contributed by atoms with Crippen LogP contribution < -0.4 is 0 Å². The number of thiophene rings is 1. The van der Waals surface area contributed by atoms with Crippen LogP contribution in [0.1, 0.15) is 0 Å². The Bertz CT molecular complexity index is 2770. The lowest BCUT2D eigenvalue weighted by molar-refractivity contribution is 1.08. The molecule has 0 aliphatic rings. The number of fused-ring (bicyclic) bond motifs is 12. The van der Waals surface area contributed by atoms with Crippen LogP contribution in [0.5, 0.6) is 0 Å². The zero-order chi connectivity index (χ0) is 28.8. The van der Waals surface area contributed by atoms with Gasteiger partial charge >= 0.3 is 0 Å². The van der Waals surface area contributed by atoms with Gasteiger partial charge in [-0.15, -0.1) is 11.3 Å². The average Bonchev–Trinajstić information content (AvgIpc) is 3.63. The fourth-order valence-corrected chi connectivity index (χ4v) is 8.31. The van der Waals surface area contributed by atoms with Crippen molar-refractivity contribution in [2.24, 2.45) is 0 Å². The van der Waals surface area contributed by atoms with E-state index < -0.39 is 0 Å². The minimum atomic E-state index is 0.847. The van der Waals surface area contributed by atoms with Crippen LogP contribution in [0.2, 0.25) is 0 Å². The highest BCUT2D eigenvalue weighted by atomic mass is 32.1. The number of nitrogens with zero attached hydrogens (tertiary/aromatic N) is 3. The third-order valence-electron chi connectivity index (χ3n) is 8.92. The number of benzene rings is 7. The van der Waals surface area contributed by atoms with Crippen molar-refractivity contribution >= 4 is 85.9 Å². The molecule has 0 aliphatic carbocycles. The molecule has 3 nitrogen and oxygen atoms in total. The van der Waals surface area contributed by atoms with Crippen LogP contribution in [0, 0.1) is 0 Å². The molecule has 44 heavy (non-hydrogen) atoms. The molecule has 204 valence electrons. The Morgan fingerprint density at radius 2 is 1.11 bits per heavy atom. The van der Waals surface area contributed by atoms with E-state index in [2.05, 4.69) is 126 Å². The number of rotatable bonds is 2. The first-order chi connectivity index (χ1) is 21.8. The van der Waals surface area contributed by atoms with Gasteiger partial charge in [-0.3, -0.25) is 4.57 Å². The Morgan fingerprint density at radius 3 is 1.91 bits per heavy atom. The van der Waals surface area contributed by atoms with Crippen molar-refractivity contribution in [3.63, 3.8) is 0 Å². The van der Waals surface area contributed by atoms with Gasteiger partial charge in [0.2, 0.25) is 0 Å². The van der Waals surface area contributed by atoms with Crippen molar-refractivity contribution < 1.29 is 0 Å². The van der Waals surface area contributed by atoms with Crippen molar-refractivity contribution in [1.29, 1.82) is 0 Å². The van der Waals surface area contributed by atoms with E-state index in [4.69, 9.17) is 9.97 Å². The molecular formula is C40H23N3S. The van der Waals surface area contributed by atoms with Crippen LogP contribution in [0.25, 0.3) is 91.6 Å². The third-order valence-corrected chi connectivity index (χ3v) is 10.1. The Kier molecular flexibility index (Phi) is 4.87. The highest BCUT2D eigenvalue weighted by molar-refractivity contribution is 7.27. The van der Waals surface area contributed by atoms with Crippen LogP contribution >= 0.6 is 11.3 Å². The second-order valence-corrected chi connectivity index (χ2v) is 12.4. The predicted octanol–water partition coefficient (Wildman–Crippen LogP) is 11.1. The summed E-state index contributed by atoms with van der Waals surface area (Å²) in [7, 11) is 0. The fourth-order valence-electron chi connectivity index (χ4n) is 7.02. The monoisotopic (exact) mass is 577 g/mol. The van der Waals surface area contributed by atoms with E-state index in [-0.39, 0.29) is 0 Å². The van der Waals surface area contributed by atoms with Crippen molar-refractivity contribution in [1.82, 2.24) is 14.5 Å². The fraction of sp³-hybridized carbons (Fsp3) is 0. The zero-order valence-electron chi connectivity index (χ0n) is 23.5. The van der Waals surface area contributed by atoms with E-state index in [0.717, 1.165) is 33.6 Å². The highest BCUT2D eigenvalue weighted by Crippen LogP contribution is 2.49. The van der Waals surface area contributed by atoms with Crippen molar-refractivity contribution in [2.75, 3.05) is 0 Å². The van der Waals surface area contributed by atoms with Gasteiger partial charge in [-0.25, -0.2) is 9.97 Å². The molecule has 4 heteroatoms. The lowest BCUT2D eigenvalue weighted by Crippen LogP contribution is -2.03. The predicted molar refractivity (Wildman–Crippen MR) is 187 cm³/mol. The normalized spacial score (nSPS) is 12.1. The SMILES string of the molecule is c1ccc(-c2nc3ccccc3nc2-n2c3ccccc3c3c4ccccc4c4c5cc6ccccc6cc5sc4c32)cc1. The van der Waals surface area contributed by atoms with E-state index in [1.807, 2.05) is 29.5 Å². The van der Waals surface area contributed by atoms with Crippen molar-refractivity contribution in [3.05, 3.63) is 140 Å². The number of aromatic nitrogens is 3. The van der Waals surface area contributed by atoms with Crippen LogP contribution in [0.15, 0.2) is 140 Å². The minimum Gasteiger partial charge on any atom is -0.290 e. The van der Waals surface area contributed by atoms with E-state index in [0.29, 0.717) is 0 Å². The largest absolute Gasteiger partial charge is 0.290 e. The maximum absolute atomic E-state index is 5.38. The molecule has 0 saturated heterocycles. The summed E-state index contributed by atoms with van der Waals surface area (Å²) in [6, 6.07) is 49.7. The Morgan fingerprint density at radius 1 is 0.500 bits per heavy atom.